The minimum atomic E-state index is -0.750. The molecule has 0 aliphatic rings. The molecule has 0 fully saturated rings. The Morgan fingerprint density at radius 1 is 1.20 bits per heavy atom. The highest BCUT2D eigenvalue weighted by atomic mass is 32.1. The number of rotatable bonds is 4. The zero-order valence-electron chi connectivity index (χ0n) is 13.4. The van der Waals surface area contributed by atoms with Crippen LogP contribution in [0.4, 0.5) is 0 Å². The van der Waals surface area contributed by atoms with Crippen LogP contribution in [0.25, 0.3) is 10.9 Å². The van der Waals surface area contributed by atoms with Gasteiger partial charge in [0.1, 0.15) is 22.9 Å². The van der Waals surface area contributed by atoms with Crippen LogP contribution in [0.5, 0.6) is 17.2 Å². The van der Waals surface area contributed by atoms with Crippen molar-refractivity contribution in [1.29, 1.82) is 0 Å². The summed E-state index contributed by atoms with van der Waals surface area (Å²) < 4.78 is 27.7. The normalized spacial score (nSPS) is 9.84. The molecule has 9 heteroatoms. The summed E-state index contributed by atoms with van der Waals surface area (Å²) in [5.41, 5.74) is 7.23. The number of aromatic amines is 1. The van der Waals surface area contributed by atoms with Gasteiger partial charge in [0.15, 0.2) is 0 Å². The molecule has 2 aromatic heterocycles. The second-order valence-electron chi connectivity index (χ2n) is 4.94. The molecule has 0 atom stereocenters. The summed E-state index contributed by atoms with van der Waals surface area (Å²) in [6.45, 7) is 1.91. The summed E-state index contributed by atoms with van der Waals surface area (Å²) in [6, 6.07) is 8.92. The Labute approximate surface area is 146 Å². The SMILES string of the molecule is COc1cc(Oc2ccc(C)nc2)cc2cc(C(N)=O)[nH]c12.O=S=O. The Hall–Kier alpha value is -3.20. The maximum Gasteiger partial charge on any atom is 0.335 e. The van der Waals surface area contributed by atoms with Gasteiger partial charge in [-0.3, -0.25) is 9.78 Å². The third kappa shape index (κ3) is 4.42. The van der Waals surface area contributed by atoms with Crippen LogP contribution in [0, 0.1) is 6.92 Å². The Kier molecular flexibility index (Phi) is 5.85. The standard InChI is InChI=1S/C16H15N3O3.O2S/c1-9-3-4-11(8-18-9)22-12-5-10-6-13(16(17)20)19-15(10)14(7-12)21-2;1-3-2/h3-8,19H,1-2H3,(H2,17,20);. The molecular formula is C16H15N3O5S. The van der Waals surface area contributed by atoms with E-state index in [1.54, 1.807) is 31.5 Å². The summed E-state index contributed by atoms with van der Waals surface area (Å²) in [5.74, 6) is 1.26. The zero-order chi connectivity index (χ0) is 18.4. The van der Waals surface area contributed by atoms with Gasteiger partial charge in [-0.05, 0) is 31.2 Å². The highest BCUT2D eigenvalue weighted by Gasteiger charge is 2.12. The van der Waals surface area contributed by atoms with Crippen LogP contribution in [-0.2, 0) is 11.6 Å². The lowest BCUT2D eigenvalue weighted by Crippen LogP contribution is -2.10. The molecule has 1 amide bonds. The van der Waals surface area contributed by atoms with Gasteiger partial charge in [-0.25, -0.2) is 0 Å². The quantitative estimate of drug-likeness (QED) is 0.733. The smallest absolute Gasteiger partial charge is 0.335 e. The average Bonchev–Trinajstić information content (AvgIpc) is 3.01. The van der Waals surface area contributed by atoms with E-state index in [-0.39, 0.29) is 0 Å². The molecule has 0 saturated heterocycles. The number of nitrogens with one attached hydrogen (secondary N) is 1. The molecule has 0 spiro atoms. The van der Waals surface area contributed by atoms with Gasteiger partial charge in [0, 0.05) is 17.1 Å². The molecule has 3 rings (SSSR count). The second kappa shape index (κ2) is 8.06. The first-order chi connectivity index (χ1) is 12.0. The molecule has 130 valence electrons. The molecule has 0 aliphatic carbocycles. The van der Waals surface area contributed by atoms with Crippen LogP contribution >= 0.6 is 0 Å². The molecule has 3 aromatic rings. The van der Waals surface area contributed by atoms with E-state index in [0.717, 1.165) is 11.1 Å². The van der Waals surface area contributed by atoms with E-state index in [9.17, 15) is 4.79 Å². The molecule has 1 aromatic carbocycles. The van der Waals surface area contributed by atoms with Gasteiger partial charge in [0.05, 0.1) is 18.8 Å². The number of carbonyl (C=O) groups excluding carboxylic acids is 1. The first-order valence-corrected chi connectivity index (χ1v) is 7.68. The molecular weight excluding hydrogens is 346 g/mol. The van der Waals surface area contributed by atoms with E-state index in [1.165, 1.54) is 0 Å². The first-order valence-electron chi connectivity index (χ1n) is 7.01. The predicted octanol–water partition coefficient (Wildman–Crippen LogP) is 2.10. The van der Waals surface area contributed by atoms with Gasteiger partial charge in [0.2, 0.25) is 0 Å². The molecule has 2 heterocycles. The molecule has 0 radical (unpaired) electrons. The molecule has 0 aliphatic heterocycles. The first kappa shape index (κ1) is 18.1. The Morgan fingerprint density at radius 3 is 2.48 bits per heavy atom. The number of hydrogen-bond donors (Lipinski definition) is 2. The number of nitrogens with two attached hydrogens (primary N) is 1. The second-order valence-corrected chi connectivity index (χ2v) is 5.08. The maximum absolute atomic E-state index is 11.3. The maximum atomic E-state index is 11.3. The van der Waals surface area contributed by atoms with Gasteiger partial charge in [0.25, 0.3) is 5.91 Å². The van der Waals surface area contributed by atoms with Crippen LogP contribution in [0.15, 0.2) is 36.5 Å². The zero-order valence-corrected chi connectivity index (χ0v) is 14.3. The third-order valence-corrected chi connectivity index (χ3v) is 3.27. The van der Waals surface area contributed by atoms with Gasteiger partial charge in [-0.15, -0.1) is 0 Å². The van der Waals surface area contributed by atoms with Crippen LogP contribution in [0.3, 0.4) is 0 Å². The summed E-state index contributed by atoms with van der Waals surface area (Å²) in [7, 11) is 1.55. The topological polar surface area (TPSA) is 124 Å². The fourth-order valence-electron chi connectivity index (χ4n) is 2.19. The minimum Gasteiger partial charge on any atom is -0.494 e. The summed E-state index contributed by atoms with van der Waals surface area (Å²) in [5, 5.41) is 0.781. The van der Waals surface area contributed by atoms with E-state index in [1.807, 2.05) is 19.1 Å². The number of benzene rings is 1. The highest BCUT2D eigenvalue weighted by Crippen LogP contribution is 2.33. The summed E-state index contributed by atoms with van der Waals surface area (Å²) in [4.78, 5) is 18.4. The monoisotopic (exact) mass is 361 g/mol. The summed E-state index contributed by atoms with van der Waals surface area (Å²) in [6.07, 6.45) is 1.65. The molecule has 8 nitrogen and oxygen atoms in total. The molecule has 0 saturated carbocycles. The molecule has 3 N–H and O–H groups in total. The third-order valence-electron chi connectivity index (χ3n) is 3.27. The van der Waals surface area contributed by atoms with Crippen molar-refractivity contribution in [3.05, 3.63) is 47.9 Å². The van der Waals surface area contributed by atoms with Crippen LogP contribution in [0.1, 0.15) is 16.2 Å². The number of primary amides is 1. The van der Waals surface area contributed by atoms with Gasteiger partial charge >= 0.3 is 11.6 Å². The number of nitrogens with zero attached hydrogens (tertiary/aromatic N) is 1. The number of amides is 1. The predicted molar refractivity (Wildman–Crippen MR) is 91.3 cm³/mol. The number of carbonyl (C=O) groups is 1. The van der Waals surface area contributed by atoms with Crippen molar-refractivity contribution in [1.82, 2.24) is 9.97 Å². The van der Waals surface area contributed by atoms with Gasteiger partial charge in [-0.2, -0.15) is 8.42 Å². The molecule has 0 unspecified atom stereocenters. The van der Waals surface area contributed by atoms with Crippen LogP contribution in [0.2, 0.25) is 0 Å². The summed E-state index contributed by atoms with van der Waals surface area (Å²) >= 11 is -0.750. The largest absolute Gasteiger partial charge is 0.494 e. The van der Waals surface area contributed by atoms with Crippen molar-refractivity contribution >= 4 is 28.4 Å². The van der Waals surface area contributed by atoms with E-state index in [0.29, 0.717) is 28.5 Å². The molecule has 25 heavy (non-hydrogen) atoms. The van der Waals surface area contributed by atoms with Crippen molar-refractivity contribution in [2.45, 2.75) is 6.92 Å². The number of H-pyrrole nitrogens is 1. The van der Waals surface area contributed by atoms with E-state index >= 15 is 0 Å². The lowest BCUT2D eigenvalue weighted by atomic mass is 10.2. The van der Waals surface area contributed by atoms with Gasteiger partial charge < -0.3 is 20.2 Å². The number of hydrogen-bond acceptors (Lipinski definition) is 6. The fraction of sp³-hybridized carbons (Fsp3) is 0.125. The van der Waals surface area contributed by atoms with E-state index in [2.05, 4.69) is 9.97 Å². The molecule has 0 bridgehead atoms. The van der Waals surface area contributed by atoms with E-state index in [4.69, 9.17) is 23.6 Å². The Balaban J connectivity index is 0.000000701. The Bertz CT molecular complexity index is 931. The van der Waals surface area contributed by atoms with Crippen molar-refractivity contribution in [3.63, 3.8) is 0 Å². The van der Waals surface area contributed by atoms with Crippen molar-refractivity contribution < 1.29 is 22.7 Å². The highest BCUT2D eigenvalue weighted by molar-refractivity contribution is 7.51. The lowest BCUT2D eigenvalue weighted by molar-refractivity contribution is 0.0996. The van der Waals surface area contributed by atoms with Gasteiger partial charge in [-0.1, -0.05) is 0 Å². The number of aromatic nitrogens is 2. The van der Waals surface area contributed by atoms with Crippen molar-refractivity contribution in [2.24, 2.45) is 5.73 Å². The fourth-order valence-corrected chi connectivity index (χ4v) is 2.19. The van der Waals surface area contributed by atoms with Crippen LogP contribution < -0.4 is 15.2 Å². The average molecular weight is 361 g/mol. The minimum absolute atomic E-state index is 0.322. The number of aryl methyl sites for hydroxylation is 1. The van der Waals surface area contributed by atoms with Crippen molar-refractivity contribution in [3.8, 4) is 17.2 Å². The van der Waals surface area contributed by atoms with Crippen molar-refractivity contribution in [2.75, 3.05) is 7.11 Å². The number of fused-ring (bicyclic) bond motifs is 1. The number of pyridine rings is 1. The lowest BCUT2D eigenvalue weighted by Gasteiger charge is -2.08. The number of ether oxygens (including phenoxy) is 2. The van der Waals surface area contributed by atoms with Crippen LogP contribution in [-0.4, -0.2) is 31.4 Å². The number of methoxy groups -OCH3 is 1. The Morgan fingerprint density at radius 2 is 1.92 bits per heavy atom. The van der Waals surface area contributed by atoms with E-state index < -0.39 is 17.5 Å².